The smallest absolute Gasteiger partial charge is 0.305 e. The van der Waals surface area contributed by atoms with Gasteiger partial charge in [-0.25, -0.2) is 4.98 Å². The van der Waals surface area contributed by atoms with Crippen molar-refractivity contribution in [2.24, 2.45) is 0 Å². The largest absolute Gasteiger partial charge is 0.481 e. The lowest BCUT2D eigenvalue weighted by molar-refractivity contribution is -0.136. The highest BCUT2D eigenvalue weighted by atomic mass is 32.1. The van der Waals surface area contributed by atoms with Crippen molar-refractivity contribution in [1.82, 2.24) is 10.3 Å². The molecule has 0 atom stereocenters. The Bertz CT molecular complexity index is 1320. The van der Waals surface area contributed by atoms with Crippen molar-refractivity contribution >= 4 is 34.0 Å². The number of rotatable bonds is 9. The number of benzene rings is 3. The van der Waals surface area contributed by atoms with E-state index in [1.54, 1.807) is 23.5 Å². The SMILES string of the molecule is Cc1ccc(N(Cc2ccc(C(=O)NCCC(=O)O)cc2)c2nc(-c3ccccc3)cs2)cc1C. The summed E-state index contributed by atoms with van der Waals surface area (Å²) < 4.78 is 0. The number of aromatic nitrogens is 1. The Kier molecular flexibility index (Phi) is 7.57. The van der Waals surface area contributed by atoms with Crippen LogP contribution in [0.2, 0.25) is 0 Å². The Hall–Kier alpha value is -3.97. The van der Waals surface area contributed by atoms with Gasteiger partial charge in [-0.1, -0.05) is 48.5 Å². The van der Waals surface area contributed by atoms with Crippen LogP contribution in [-0.2, 0) is 11.3 Å². The van der Waals surface area contributed by atoms with E-state index in [2.05, 4.69) is 59.8 Å². The van der Waals surface area contributed by atoms with Gasteiger partial charge in [0.05, 0.1) is 18.7 Å². The quantitative estimate of drug-likeness (QED) is 0.305. The number of nitrogens with one attached hydrogen (secondary N) is 1. The molecule has 0 radical (unpaired) electrons. The third-order valence-electron chi connectivity index (χ3n) is 5.78. The molecule has 1 amide bonds. The van der Waals surface area contributed by atoms with Gasteiger partial charge in [0.25, 0.3) is 5.91 Å². The Balaban J connectivity index is 1.58. The zero-order valence-corrected chi connectivity index (χ0v) is 20.5. The second-order valence-corrected chi connectivity index (χ2v) is 9.17. The van der Waals surface area contributed by atoms with Crippen LogP contribution >= 0.6 is 11.3 Å². The van der Waals surface area contributed by atoms with Gasteiger partial charge in [-0.3, -0.25) is 9.59 Å². The third kappa shape index (κ3) is 6.13. The average molecular weight is 486 g/mol. The predicted molar refractivity (Wildman–Crippen MR) is 140 cm³/mol. The van der Waals surface area contributed by atoms with Crippen LogP contribution in [0, 0.1) is 13.8 Å². The molecule has 1 aromatic heterocycles. The number of anilines is 2. The van der Waals surface area contributed by atoms with Crippen molar-refractivity contribution in [1.29, 1.82) is 0 Å². The first-order valence-corrected chi connectivity index (χ1v) is 12.2. The summed E-state index contributed by atoms with van der Waals surface area (Å²) in [6.45, 7) is 4.89. The zero-order valence-electron chi connectivity index (χ0n) is 19.7. The summed E-state index contributed by atoms with van der Waals surface area (Å²) in [4.78, 5) is 30.1. The number of carbonyl (C=O) groups excluding carboxylic acids is 1. The van der Waals surface area contributed by atoms with E-state index >= 15 is 0 Å². The molecular formula is C28H27N3O3S. The fourth-order valence-corrected chi connectivity index (χ4v) is 4.48. The minimum absolute atomic E-state index is 0.101. The second-order valence-electron chi connectivity index (χ2n) is 8.33. The third-order valence-corrected chi connectivity index (χ3v) is 6.64. The molecule has 0 aliphatic rings. The number of aliphatic carboxylic acids is 1. The molecule has 0 saturated carbocycles. The minimum atomic E-state index is -0.940. The molecule has 0 bridgehead atoms. The van der Waals surface area contributed by atoms with E-state index in [-0.39, 0.29) is 18.9 Å². The monoisotopic (exact) mass is 485 g/mol. The van der Waals surface area contributed by atoms with Crippen LogP contribution in [0.15, 0.2) is 78.2 Å². The maximum absolute atomic E-state index is 12.3. The molecule has 4 rings (SSSR count). The van der Waals surface area contributed by atoms with E-state index in [1.165, 1.54) is 11.1 Å². The van der Waals surface area contributed by atoms with Gasteiger partial charge in [0.2, 0.25) is 0 Å². The molecule has 35 heavy (non-hydrogen) atoms. The number of carboxylic acids is 1. The summed E-state index contributed by atoms with van der Waals surface area (Å²) in [6, 6.07) is 23.9. The van der Waals surface area contributed by atoms with Gasteiger partial charge in [-0.2, -0.15) is 0 Å². The van der Waals surface area contributed by atoms with Gasteiger partial charge in [0, 0.05) is 28.7 Å². The van der Waals surface area contributed by atoms with Crippen LogP contribution < -0.4 is 10.2 Å². The number of hydrogen-bond donors (Lipinski definition) is 2. The van der Waals surface area contributed by atoms with Crippen molar-refractivity contribution < 1.29 is 14.7 Å². The van der Waals surface area contributed by atoms with Crippen LogP contribution in [0.3, 0.4) is 0 Å². The lowest BCUT2D eigenvalue weighted by atomic mass is 10.1. The molecule has 3 aromatic carbocycles. The molecule has 4 aromatic rings. The van der Waals surface area contributed by atoms with E-state index in [1.807, 2.05) is 30.3 Å². The molecule has 0 spiro atoms. The van der Waals surface area contributed by atoms with Crippen molar-refractivity contribution in [2.45, 2.75) is 26.8 Å². The normalized spacial score (nSPS) is 10.7. The van der Waals surface area contributed by atoms with E-state index in [4.69, 9.17) is 10.1 Å². The summed E-state index contributed by atoms with van der Waals surface area (Å²) in [7, 11) is 0. The fraction of sp³-hybridized carbons (Fsp3) is 0.179. The van der Waals surface area contributed by atoms with E-state index in [0.29, 0.717) is 12.1 Å². The number of carbonyl (C=O) groups is 2. The maximum Gasteiger partial charge on any atom is 0.305 e. The summed E-state index contributed by atoms with van der Waals surface area (Å²) >= 11 is 1.60. The first kappa shape index (κ1) is 24.2. The standard InChI is InChI=1S/C28H27N3O3S/c1-19-8-13-24(16-20(19)2)31(28-30-25(18-35-28)22-6-4-3-5-7-22)17-21-9-11-23(12-10-21)27(34)29-15-14-26(32)33/h3-13,16,18H,14-15,17H2,1-2H3,(H,29,34)(H,32,33). The lowest BCUT2D eigenvalue weighted by Crippen LogP contribution is -2.26. The van der Waals surface area contributed by atoms with Crippen LogP contribution in [-0.4, -0.2) is 28.5 Å². The fourth-order valence-electron chi connectivity index (χ4n) is 3.62. The summed E-state index contributed by atoms with van der Waals surface area (Å²) in [5, 5.41) is 14.3. The van der Waals surface area contributed by atoms with Gasteiger partial charge < -0.3 is 15.3 Å². The summed E-state index contributed by atoms with van der Waals surface area (Å²) in [6.07, 6.45) is -0.104. The van der Waals surface area contributed by atoms with Crippen molar-refractivity contribution in [3.8, 4) is 11.3 Å². The van der Waals surface area contributed by atoms with Gasteiger partial charge >= 0.3 is 5.97 Å². The highest BCUT2D eigenvalue weighted by Crippen LogP contribution is 2.34. The minimum Gasteiger partial charge on any atom is -0.481 e. The summed E-state index contributed by atoms with van der Waals surface area (Å²) in [5.41, 5.74) is 7.04. The number of aryl methyl sites for hydroxylation is 2. The van der Waals surface area contributed by atoms with E-state index in [9.17, 15) is 9.59 Å². The Morgan fingerprint density at radius 2 is 1.71 bits per heavy atom. The first-order chi connectivity index (χ1) is 16.9. The van der Waals surface area contributed by atoms with Crippen molar-refractivity contribution in [3.63, 3.8) is 0 Å². The molecule has 0 unspecified atom stereocenters. The zero-order chi connectivity index (χ0) is 24.8. The molecule has 0 saturated heterocycles. The Morgan fingerprint density at radius 3 is 2.40 bits per heavy atom. The van der Waals surface area contributed by atoms with Gasteiger partial charge in [-0.15, -0.1) is 11.3 Å². The molecular weight excluding hydrogens is 458 g/mol. The number of carboxylic acid groups (broad SMARTS) is 1. The first-order valence-electron chi connectivity index (χ1n) is 11.4. The maximum atomic E-state index is 12.3. The van der Waals surface area contributed by atoms with Crippen LogP contribution in [0.25, 0.3) is 11.3 Å². The van der Waals surface area contributed by atoms with E-state index < -0.39 is 5.97 Å². The van der Waals surface area contributed by atoms with Gasteiger partial charge in [0.15, 0.2) is 5.13 Å². The lowest BCUT2D eigenvalue weighted by Gasteiger charge is -2.23. The average Bonchev–Trinajstić information content (AvgIpc) is 3.35. The number of hydrogen-bond acceptors (Lipinski definition) is 5. The van der Waals surface area contributed by atoms with Gasteiger partial charge in [0.1, 0.15) is 0 Å². The molecule has 6 nitrogen and oxygen atoms in total. The molecule has 0 fully saturated rings. The molecule has 1 heterocycles. The molecule has 0 aliphatic carbocycles. The highest BCUT2D eigenvalue weighted by molar-refractivity contribution is 7.14. The van der Waals surface area contributed by atoms with Crippen molar-refractivity contribution in [2.75, 3.05) is 11.4 Å². The topological polar surface area (TPSA) is 82.5 Å². The number of thiazole rings is 1. The van der Waals surface area contributed by atoms with Crippen LogP contribution in [0.4, 0.5) is 10.8 Å². The second kappa shape index (κ2) is 11.0. The van der Waals surface area contributed by atoms with E-state index in [0.717, 1.165) is 27.6 Å². The predicted octanol–water partition coefficient (Wildman–Crippen LogP) is 5.97. The number of nitrogens with zero attached hydrogens (tertiary/aromatic N) is 2. The van der Waals surface area contributed by atoms with Crippen LogP contribution in [0.1, 0.15) is 33.5 Å². The number of amides is 1. The Labute approximate surface area is 208 Å². The molecule has 7 heteroatoms. The highest BCUT2D eigenvalue weighted by Gasteiger charge is 2.16. The van der Waals surface area contributed by atoms with Crippen molar-refractivity contribution in [3.05, 3.63) is 100 Å². The van der Waals surface area contributed by atoms with Crippen LogP contribution in [0.5, 0.6) is 0 Å². The molecule has 178 valence electrons. The molecule has 0 aliphatic heterocycles. The summed E-state index contributed by atoms with van der Waals surface area (Å²) in [5.74, 6) is -1.22. The Morgan fingerprint density at radius 1 is 0.971 bits per heavy atom. The van der Waals surface area contributed by atoms with Gasteiger partial charge in [-0.05, 0) is 54.8 Å². The molecule has 2 N–H and O–H groups in total.